The number of rotatable bonds is 7. The fraction of sp³-hybridized carbons (Fsp3) is 0.600. The third kappa shape index (κ3) is 3.66. The van der Waals surface area contributed by atoms with Gasteiger partial charge in [0.2, 0.25) is 0 Å². The summed E-state index contributed by atoms with van der Waals surface area (Å²) in [6, 6.07) is 3.26. The average molecular weight is 267 g/mol. The highest BCUT2D eigenvalue weighted by Crippen LogP contribution is 2.33. The predicted molar refractivity (Wildman–Crippen MR) is 69.1 cm³/mol. The van der Waals surface area contributed by atoms with E-state index in [-0.39, 0.29) is 5.75 Å². The summed E-state index contributed by atoms with van der Waals surface area (Å²) in [5, 5.41) is 3.24. The number of hydrogen-bond donors (Lipinski definition) is 1. The van der Waals surface area contributed by atoms with Crippen LogP contribution in [0.15, 0.2) is 12.1 Å². The summed E-state index contributed by atoms with van der Waals surface area (Å²) in [6.07, 6.45) is 5.66. The Hall–Kier alpha value is -1.16. The molecule has 0 radical (unpaired) electrons. The monoisotopic (exact) mass is 267 g/mol. The topological polar surface area (TPSA) is 21.3 Å². The molecule has 2 aliphatic carbocycles. The minimum atomic E-state index is -0.594. The third-order valence-electron chi connectivity index (χ3n) is 3.70. The van der Waals surface area contributed by atoms with Gasteiger partial charge in [0.15, 0.2) is 17.4 Å². The maximum Gasteiger partial charge on any atom is 0.190 e. The Morgan fingerprint density at radius 3 is 2.37 bits per heavy atom. The first kappa shape index (κ1) is 12.9. The molecule has 0 amide bonds. The van der Waals surface area contributed by atoms with Crippen LogP contribution >= 0.6 is 0 Å². The molecule has 104 valence electrons. The summed E-state index contributed by atoms with van der Waals surface area (Å²) >= 11 is 0. The van der Waals surface area contributed by atoms with Gasteiger partial charge >= 0.3 is 0 Å². The van der Waals surface area contributed by atoms with Crippen LogP contribution in [0.1, 0.15) is 37.7 Å². The summed E-state index contributed by atoms with van der Waals surface area (Å²) in [5.41, 5.74) is 0.636. The van der Waals surface area contributed by atoms with Gasteiger partial charge in [0.05, 0.1) is 6.61 Å². The zero-order valence-electron chi connectivity index (χ0n) is 10.9. The maximum atomic E-state index is 13.8. The summed E-state index contributed by atoms with van der Waals surface area (Å²) < 4.78 is 32.8. The molecule has 0 atom stereocenters. The van der Waals surface area contributed by atoms with E-state index in [1.807, 2.05) is 0 Å². The molecule has 0 spiro atoms. The number of halogens is 2. The Morgan fingerprint density at radius 1 is 1.11 bits per heavy atom. The highest BCUT2D eigenvalue weighted by molar-refractivity contribution is 5.31. The fourth-order valence-electron chi connectivity index (χ4n) is 2.14. The van der Waals surface area contributed by atoms with Crippen LogP contribution in [0, 0.1) is 17.6 Å². The highest BCUT2D eigenvalue weighted by atomic mass is 19.1. The van der Waals surface area contributed by atoms with Gasteiger partial charge in [0, 0.05) is 12.6 Å². The van der Waals surface area contributed by atoms with Crippen molar-refractivity contribution >= 4 is 0 Å². The van der Waals surface area contributed by atoms with Gasteiger partial charge in [-0.05, 0) is 42.9 Å². The van der Waals surface area contributed by atoms with E-state index < -0.39 is 11.6 Å². The van der Waals surface area contributed by atoms with Crippen LogP contribution in [0.4, 0.5) is 8.78 Å². The first-order valence-corrected chi connectivity index (χ1v) is 7.06. The molecule has 0 bridgehead atoms. The van der Waals surface area contributed by atoms with E-state index in [2.05, 4.69) is 5.32 Å². The van der Waals surface area contributed by atoms with Crippen LogP contribution in [0.3, 0.4) is 0 Å². The Balaban J connectivity index is 1.58. The van der Waals surface area contributed by atoms with Crippen molar-refractivity contribution in [3.05, 3.63) is 29.3 Å². The minimum absolute atomic E-state index is 0.226. The molecule has 0 unspecified atom stereocenters. The lowest BCUT2D eigenvalue weighted by atomic mass is 10.2. The molecule has 0 aliphatic heterocycles. The van der Waals surface area contributed by atoms with Crippen LogP contribution in [0.2, 0.25) is 0 Å². The first-order valence-electron chi connectivity index (χ1n) is 7.06. The summed E-state index contributed by atoms with van der Waals surface area (Å²) in [6.45, 7) is 0.916. The molecule has 1 aromatic carbocycles. The Kier molecular flexibility index (Phi) is 3.69. The van der Waals surface area contributed by atoms with Crippen molar-refractivity contribution in [2.45, 2.75) is 44.7 Å². The highest BCUT2D eigenvalue weighted by Gasteiger charge is 2.22. The van der Waals surface area contributed by atoms with E-state index >= 15 is 0 Å². The van der Waals surface area contributed by atoms with Crippen LogP contribution in [0.25, 0.3) is 0 Å². The quantitative estimate of drug-likeness (QED) is 0.817. The molecular formula is C15H19F2NO. The second-order valence-electron chi connectivity index (χ2n) is 5.62. The molecule has 19 heavy (non-hydrogen) atoms. The Morgan fingerprint density at radius 2 is 1.79 bits per heavy atom. The van der Waals surface area contributed by atoms with Crippen molar-refractivity contribution in [3.8, 4) is 5.75 Å². The molecule has 2 nitrogen and oxygen atoms in total. The lowest BCUT2D eigenvalue weighted by Crippen LogP contribution is -2.15. The van der Waals surface area contributed by atoms with Crippen LogP contribution in [0.5, 0.6) is 5.75 Å². The number of nitrogens with one attached hydrogen (secondary N) is 1. The molecule has 2 fully saturated rings. The van der Waals surface area contributed by atoms with Crippen molar-refractivity contribution < 1.29 is 13.5 Å². The van der Waals surface area contributed by atoms with Crippen LogP contribution < -0.4 is 10.1 Å². The van der Waals surface area contributed by atoms with E-state index in [4.69, 9.17) is 4.74 Å². The van der Waals surface area contributed by atoms with Crippen molar-refractivity contribution in [3.63, 3.8) is 0 Å². The molecule has 0 aromatic heterocycles. The largest absolute Gasteiger partial charge is 0.488 e. The Bertz CT molecular complexity index is 432. The molecule has 2 saturated carbocycles. The molecular weight excluding hydrogens is 248 g/mol. The fourth-order valence-corrected chi connectivity index (χ4v) is 2.14. The van der Waals surface area contributed by atoms with Gasteiger partial charge in [-0.25, -0.2) is 8.78 Å². The predicted octanol–water partition coefficient (Wildman–Crippen LogP) is 3.40. The second-order valence-corrected chi connectivity index (χ2v) is 5.62. The van der Waals surface area contributed by atoms with Gasteiger partial charge in [-0.2, -0.15) is 0 Å². The van der Waals surface area contributed by atoms with E-state index in [1.54, 1.807) is 0 Å². The smallest absolute Gasteiger partial charge is 0.190 e. The van der Waals surface area contributed by atoms with Crippen molar-refractivity contribution in [1.29, 1.82) is 0 Å². The molecule has 4 heteroatoms. The number of hydrogen-bond acceptors (Lipinski definition) is 2. The van der Waals surface area contributed by atoms with Crippen LogP contribution in [-0.4, -0.2) is 12.6 Å². The van der Waals surface area contributed by atoms with Gasteiger partial charge in [0.25, 0.3) is 0 Å². The SMILES string of the molecule is Fc1cc(CNC2CC2)cc(F)c1OCCC1CC1. The van der Waals surface area contributed by atoms with E-state index in [0.29, 0.717) is 30.7 Å². The lowest BCUT2D eigenvalue weighted by Gasteiger charge is -2.10. The molecule has 1 aromatic rings. The normalized spacial score (nSPS) is 18.6. The van der Waals surface area contributed by atoms with Gasteiger partial charge < -0.3 is 10.1 Å². The van der Waals surface area contributed by atoms with E-state index in [0.717, 1.165) is 19.3 Å². The molecule has 1 N–H and O–H groups in total. The molecule has 2 aliphatic rings. The van der Waals surface area contributed by atoms with Crippen molar-refractivity contribution in [2.75, 3.05) is 6.61 Å². The minimum Gasteiger partial charge on any atom is -0.488 e. The van der Waals surface area contributed by atoms with E-state index in [9.17, 15) is 8.78 Å². The van der Waals surface area contributed by atoms with Gasteiger partial charge in [0.1, 0.15) is 0 Å². The molecule has 0 saturated heterocycles. The summed E-state index contributed by atoms with van der Waals surface area (Å²) in [4.78, 5) is 0. The molecule has 0 heterocycles. The van der Waals surface area contributed by atoms with Crippen molar-refractivity contribution in [1.82, 2.24) is 5.32 Å². The van der Waals surface area contributed by atoms with Gasteiger partial charge in [-0.15, -0.1) is 0 Å². The second kappa shape index (κ2) is 5.45. The van der Waals surface area contributed by atoms with Crippen LogP contribution in [-0.2, 0) is 6.54 Å². The van der Waals surface area contributed by atoms with Gasteiger partial charge in [-0.1, -0.05) is 12.8 Å². The Labute approximate surface area is 112 Å². The summed E-state index contributed by atoms with van der Waals surface area (Å²) in [7, 11) is 0. The molecule has 3 rings (SSSR count). The standard InChI is InChI=1S/C15H19F2NO/c16-13-7-11(9-18-12-3-4-12)8-14(17)15(13)19-6-5-10-1-2-10/h7-8,10,12,18H,1-6,9H2. The summed E-state index contributed by atoms with van der Waals surface area (Å²) in [5.74, 6) is -0.712. The third-order valence-corrected chi connectivity index (χ3v) is 3.70. The van der Waals surface area contributed by atoms with Crippen molar-refractivity contribution in [2.24, 2.45) is 5.92 Å². The lowest BCUT2D eigenvalue weighted by molar-refractivity contribution is 0.273. The zero-order valence-corrected chi connectivity index (χ0v) is 10.9. The van der Waals surface area contributed by atoms with E-state index in [1.165, 1.54) is 25.0 Å². The average Bonchev–Trinajstić information content (AvgIpc) is 3.25. The number of ether oxygens (including phenoxy) is 1. The number of benzene rings is 1. The first-order chi connectivity index (χ1) is 9.22. The maximum absolute atomic E-state index is 13.8. The zero-order chi connectivity index (χ0) is 13.2. The van der Waals surface area contributed by atoms with Gasteiger partial charge in [-0.3, -0.25) is 0 Å².